The van der Waals surface area contributed by atoms with Crippen LogP contribution in [-0.4, -0.2) is 42.7 Å². The maximum Gasteiger partial charge on any atom is 0.404 e. The number of nitrogens with zero attached hydrogens (tertiary/aromatic N) is 2. The van der Waals surface area contributed by atoms with Gasteiger partial charge in [-0.3, -0.25) is 9.69 Å². The van der Waals surface area contributed by atoms with E-state index >= 15 is 0 Å². The number of carbonyl (C=O) groups excluding carboxylic acids is 1. The molecule has 1 aliphatic rings. The SMILES string of the molecule is CN1CC(NC(=O)c2cccc(CC#N)c2)CCC1C(F)(F)F. The van der Waals surface area contributed by atoms with E-state index in [0.29, 0.717) is 5.56 Å². The van der Waals surface area contributed by atoms with Gasteiger partial charge in [0.25, 0.3) is 5.91 Å². The molecule has 1 aromatic rings. The Hall–Kier alpha value is -2.07. The lowest BCUT2D eigenvalue weighted by molar-refractivity contribution is -0.188. The first-order valence-corrected chi connectivity index (χ1v) is 7.35. The van der Waals surface area contributed by atoms with Crippen LogP contribution in [0.15, 0.2) is 24.3 Å². The molecule has 2 unspecified atom stereocenters. The third-order valence-electron chi connectivity index (χ3n) is 4.01. The van der Waals surface area contributed by atoms with Gasteiger partial charge in [0, 0.05) is 18.2 Å². The third kappa shape index (κ3) is 4.45. The molecule has 1 heterocycles. The van der Waals surface area contributed by atoms with Crippen molar-refractivity contribution in [3.63, 3.8) is 0 Å². The molecule has 4 nitrogen and oxygen atoms in total. The van der Waals surface area contributed by atoms with E-state index in [0.717, 1.165) is 5.56 Å². The molecule has 1 fully saturated rings. The van der Waals surface area contributed by atoms with Crippen LogP contribution in [0.4, 0.5) is 13.2 Å². The second-order valence-corrected chi connectivity index (χ2v) is 5.78. The molecule has 23 heavy (non-hydrogen) atoms. The molecule has 0 aromatic heterocycles. The lowest BCUT2D eigenvalue weighted by atomic mass is 9.98. The average Bonchev–Trinajstić information content (AvgIpc) is 2.46. The number of carbonyl (C=O) groups is 1. The van der Waals surface area contributed by atoms with E-state index in [1.54, 1.807) is 24.3 Å². The minimum Gasteiger partial charge on any atom is -0.348 e. The predicted molar refractivity (Wildman–Crippen MR) is 78.7 cm³/mol. The van der Waals surface area contributed by atoms with E-state index in [-0.39, 0.29) is 37.8 Å². The highest BCUT2D eigenvalue weighted by atomic mass is 19.4. The highest BCUT2D eigenvalue weighted by molar-refractivity contribution is 5.94. The van der Waals surface area contributed by atoms with Gasteiger partial charge in [0.05, 0.1) is 12.5 Å². The fraction of sp³-hybridized carbons (Fsp3) is 0.500. The van der Waals surface area contributed by atoms with Crippen molar-refractivity contribution in [2.45, 2.75) is 37.5 Å². The predicted octanol–water partition coefficient (Wildman–Crippen LogP) is 2.51. The first-order valence-electron chi connectivity index (χ1n) is 7.35. The van der Waals surface area contributed by atoms with E-state index < -0.39 is 12.2 Å². The summed E-state index contributed by atoms with van der Waals surface area (Å²) in [6.45, 7) is 0.161. The van der Waals surface area contributed by atoms with Gasteiger partial charge >= 0.3 is 6.18 Å². The zero-order chi connectivity index (χ0) is 17.0. The largest absolute Gasteiger partial charge is 0.404 e. The summed E-state index contributed by atoms with van der Waals surface area (Å²) in [5, 5.41) is 11.5. The van der Waals surface area contributed by atoms with Gasteiger partial charge in [0.1, 0.15) is 6.04 Å². The summed E-state index contributed by atoms with van der Waals surface area (Å²) < 4.78 is 38.4. The third-order valence-corrected chi connectivity index (χ3v) is 4.01. The number of benzene rings is 1. The van der Waals surface area contributed by atoms with Gasteiger partial charge in [-0.1, -0.05) is 12.1 Å². The number of nitrogens with one attached hydrogen (secondary N) is 1. The number of likely N-dealkylation sites (N-methyl/N-ethyl adjacent to an activating group) is 1. The second-order valence-electron chi connectivity index (χ2n) is 5.78. The van der Waals surface area contributed by atoms with Crippen LogP contribution in [0.5, 0.6) is 0 Å². The molecule has 1 amide bonds. The van der Waals surface area contributed by atoms with Gasteiger partial charge in [-0.15, -0.1) is 0 Å². The molecule has 124 valence electrons. The van der Waals surface area contributed by atoms with Crippen LogP contribution in [0.2, 0.25) is 0 Å². The van der Waals surface area contributed by atoms with Crippen molar-refractivity contribution in [2.75, 3.05) is 13.6 Å². The lowest BCUT2D eigenvalue weighted by Crippen LogP contribution is -2.54. The van der Waals surface area contributed by atoms with Gasteiger partial charge in [-0.05, 0) is 37.6 Å². The first-order chi connectivity index (χ1) is 10.8. The van der Waals surface area contributed by atoms with Crippen molar-refractivity contribution in [3.05, 3.63) is 35.4 Å². The summed E-state index contributed by atoms with van der Waals surface area (Å²) in [5.74, 6) is -0.325. The van der Waals surface area contributed by atoms with Crippen molar-refractivity contribution < 1.29 is 18.0 Å². The van der Waals surface area contributed by atoms with Crippen LogP contribution in [0, 0.1) is 11.3 Å². The van der Waals surface area contributed by atoms with Gasteiger partial charge in [0.2, 0.25) is 0 Å². The number of likely N-dealkylation sites (tertiary alicyclic amines) is 1. The van der Waals surface area contributed by atoms with Gasteiger partial charge in [-0.2, -0.15) is 18.4 Å². The van der Waals surface area contributed by atoms with Crippen molar-refractivity contribution in [2.24, 2.45) is 0 Å². The monoisotopic (exact) mass is 325 g/mol. The molecular formula is C16H18F3N3O. The molecule has 0 spiro atoms. The maximum atomic E-state index is 12.8. The van der Waals surface area contributed by atoms with Crippen molar-refractivity contribution >= 4 is 5.91 Å². The Morgan fingerprint density at radius 3 is 2.78 bits per heavy atom. The number of nitriles is 1. The highest BCUT2D eigenvalue weighted by Crippen LogP contribution is 2.30. The summed E-state index contributed by atoms with van der Waals surface area (Å²) in [5.41, 5.74) is 1.15. The Bertz CT molecular complexity index is 609. The smallest absolute Gasteiger partial charge is 0.348 e. The van der Waals surface area contributed by atoms with Gasteiger partial charge < -0.3 is 5.32 Å². The van der Waals surface area contributed by atoms with Crippen molar-refractivity contribution in [1.82, 2.24) is 10.2 Å². The minimum absolute atomic E-state index is 0.0284. The fourth-order valence-electron chi connectivity index (χ4n) is 2.86. The van der Waals surface area contributed by atoms with Crippen molar-refractivity contribution in [3.8, 4) is 6.07 Å². The van der Waals surface area contributed by atoms with Crippen LogP contribution in [0.1, 0.15) is 28.8 Å². The molecule has 1 N–H and O–H groups in total. The normalized spacial score (nSPS) is 22.4. The number of alkyl halides is 3. The topological polar surface area (TPSA) is 56.1 Å². The second kappa shape index (κ2) is 7.01. The van der Waals surface area contributed by atoms with Crippen LogP contribution >= 0.6 is 0 Å². The Kier molecular flexibility index (Phi) is 5.26. The molecule has 1 saturated heterocycles. The molecule has 0 bridgehead atoms. The van der Waals surface area contributed by atoms with E-state index in [1.165, 1.54) is 11.9 Å². The summed E-state index contributed by atoms with van der Waals surface area (Å²) >= 11 is 0. The van der Waals surface area contributed by atoms with E-state index in [9.17, 15) is 18.0 Å². The van der Waals surface area contributed by atoms with Gasteiger partial charge in [-0.25, -0.2) is 0 Å². The molecule has 2 atom stereocenters. The van der Waals surface area contributed by atoms with E-state index in [2.05, 4.69) is 5.32 Å². The quantitative estimate of drug-likeness (QED) is 0.929. The van der Waals surface area contributed by atoms with Crippen molar-refractivity contribution in [1.29, 1.82) is 5.26 Å². The molecule has 7 heteroatoms. The van der Waals surface area contributed by atoms with E-state index in [1.807, 2.05) is 6.07 Å². The fourth-order valence-corrected chi connectivity index (χ4v) is 2.86. The molecule has 0 aliphatic carbocycles. The number of piperidine rings is 1. The molecule has 0 saturated carbocycles. The molecule has 2 rings (SSSR count). The summed E-state index contributed by atoms with van der Waals surface area (Å²) in [4.78, 5) is 13.5. The summed E-state index contributed by atoms with van der Waals surface area (Å²) in [6.07, 6.45) is -3.77. The zero-order valence-electron chi connectivity index (χ0n) is 12.7. The van der Waals surface area contributed by atoms with Crippen LogP contribution in [-0.2, 0) is 6.42 Å². The maximum absolute atomic E-state index is 12.8. The van der Waals surface area contributed by atoms with Gasteiger partial charge in [0.15, 0.2) is 0 Å². The number of hydrogen-bond donors (Lipinski definition) is 1. The molecule has 1 aliphatic heterocycles. The summed E-state index contributed by atoms with van der Waals surface area (Å²) in [7, 11) is 1.42. The summed E-state index contributed by atoms with van der Waals surface area (Å²) in [6, 6.07) is 6.94. The Morgan fingerprint density at radius 2 is 2.17 bits per heavy atom. The highest BCUT2D eigenvalue weighted by Gasteiger charge is 2.44. The number of hydrogen-bond acceptors (Lipinski definition) is 3. The molecule has 1 aromatic carbocycles. The first kappa shape index (κ1) is 17.3. The molecule has 0 radical (unpaired) electrons. The Labute approximate surface area is 132 Å². The average molecular weight is 325 g/mol. The van der Waals surface area contributed by atoms with E-state index in [4.69, 9.17) is 5.26 Å². The number of rotatable bonds is 3. The Morgan fingerprint density at radius 1 is 1.43 bits per heavy atom. The van der Waals surface area contributed by atoms with Crippen LogP contribution in [0.25, 0.3) is 0 Å². The lowest BCUT2D eigenvalue weighted by Gasteiger charge is -2.38. The molecular weight excluding hydrogens is 307 g/mol. The number of amides is 1. The van der Waals surface area contributed by atoms with Crippen LogP contribution in [0.3, 0.4) is 0 Å². The Balaban J connectivity index is 1.97. The van der Waals surface area contributed by atoms with Crippen LogP contribution < -0.4 is 5.32 Å². The number of halogens is 3. The zero-order valence-corrected chi connectivity index (χ0v) is 12.7. The standard InChI is InChI=1S/C16H18F3N3O/c1-22-10-13(5-6-14(22)16(17,18)19)21-15(23)12-4-2-3-11(9-12)7-8-20/h2-4,9,13-14H,5-7,10H2,1H3,(H,21,23). The minimum atomic E-state index is -4.24.